The topological polar surface area (TPSA) is 41.1 Å². The van der Waals surface area contributed by atoms with Crippen LogP contribution in [0, 0.1) is 9.49 Å². The summed E-state index contributed by atoms with van der Waals surface area (Å²) in [5.74, 6) is 0.0430. The van der Waals surface area contributed by atoms with E-state index in [2.05, 4.69) is 33.2 Å². The van der Waals surface area contributed by atoms with Gasteiger partial charge in [-0.1, -0.05) is 13.8 Å². The number of carbonyl (C=O) groups is 1. The largest absolute Gasteiger partial charge is 0.326 e. The van der Waals surface area contributed by atoms with Crippen molar-refractivity contribution in [1.82, 2.24) is 5.32 Å². The van der Waals surface area contributed by atoms with Crippen molar-refractivity contribution in [2.75, 3.05) is 18.4 Å². The Morgan fingerprint density at radius 2 is 2.00 bits per heavy atom. The zero-order valence-electron chi connectivity index (χ0n) is 9.59. The van der Waals surface area contributed by atoms with Crippen LogP contribution in [0.15, 0.2) is 24.3 Å². The second-order valence-corrected chi connectivity index (χ2v) is 4.95. The first-order valence-electron chi connectivity index (χ1n) is 5.40. The highest BCUT2D eigenvalue weighted by Crippen LogP contribution is 2.12. The van der Waals surface area contributed by atoms with Crippen LogP contribution in [0.5, 0.6) is 0 Å². The minimum atomic E-state index is -0.0146. The number of rotatable bonds is 5. The monoisotopic (exact) mass is 332 g/mol. The smallest absolute Gasteiger partial charge is 0.228 e. The highest BCUT2D eigenvalue weighted by atomic mass is 127. The van der Waals surface area contributed by atoms with Crippen molar-refractivity contribution in [3.63, 3.8) is 0 Å². The summed E-state index contributed by atoms with van der Waals surface area (Å²) in [5, 5.41) is 6.06. The lowest BCUT2D eigenvalue weighted by Crippen LogP contribution is -2.30. The van der Waals surface area contributed by atoms with Gasteiger partial charge in [-0.3, -0.25) is 4.79 Å². The lowest BCUT2D eigenvalue weighted by molar-refractivity contribution is -0.119. The van der Waals surface area contributed by atoms with E-state index in [0.717, 1.165) is 15.8 Å². The van der Waals surface area contributed by atoms with Gasteiger partial charge in [0, 0.05) is 21.7 Å². The first kappa shape index (κ1) is 13.4. The SMILES string of the molecule is CCNCC(C)C(=O)Nc1ccc(I)cc1. The second-order valence-electron chi connectivity index (χ2n) is 3.70. The van der Waals surface area contributed by atoms with Crippen LogP contribution in [0.4, 0.5) is 5.69 Å². The predicted molar refractivity (Wildman–Crippen MR) is 75.5 cm³/mol. The Labute approximate surface area is 110 Å². The molecule has 1 amide bonds. The van der Waals surface area contributed by atoms with E-state index in [1.165, 1.54) is 0 Å². The Morgan fingerprint density at radius 3 is 2.56 bits per heavy atom. The lowest BCUT2D eigenvalue weighted by Gasteiger charge is -2.12. The Morgan fingerprint density at radius 1 is 1.38 bits per heavy atom. The van der Waals surface area contributed by atoms with E-state index in [-0.39, 0.29) is 11.8 Å². The Bertz CT molecular complexity index is 337. The van der Waals surface area contributed by atoms with Crippen molar-refractivity contribution in [3.8, 4) is 0 Å². The molecule has 0 saturated heterocycles. The molecule has 0 saturated carbocycles. The van der Waals surface area contributed by atoms with E-state index in [1.807, 2.05) is 38.1 Å². The molecule has 4 heteroatoms. The van der Waals surface area contributed by atoms with Crippen LogP contribution < -0.4 is 10.6 Å². The van der Waals surface area contributed by atoms with Gasteiger partial charge in [0.1, 0.15) is 0 Å². The molecular formula is C12H17IN2O. The molecule has 16 heavy (non-hydrogen) atoms. The van der Waals surface area contributed by atoms with Crippen molar-refractivity contribution in [1.29, 1.82) is 0 Å². The number of nitrogens with one attached hydrogen (secondary N) is 2. The number of halogens is 1. The number of anilines is 1. The summed E-state index contributed by atoms with van der Waals surface area (Å²) in [7, 11) is 0. The van der Waals surface area contributed by atoms with Crippen LogP contribution in [0.1, 0.15) is 13.8 Å². The molecule has 3 nitrogen and oxygen atoms in total. The third-order valence-electron chi connectivity index (χ3n) is 2.26. The Balaban J connectivity index is 2.47. The average Bonchev–Trinajstić information content (AvgIpc) is 2.29. The van der Waals surface area contributed by atoms with E-state index in [4.69, 9.17) is 0 Å². The van der Waals surface area contributed by atoms with Gasteiger partial charge in [-0.15, -0.1) is 0 Å². The normalized spacial score (nSPS) is 12.2. The minimum absolute atomic E-state index is 0.0146. The Kier molecular flexibility index (Phi) is 5.76. The van der Waals surface area contributed by atoms with Gasteiger partial charge in [-0.25, -0.2) is 0 Å². The maximum absolute atomic E-state index is 11.8. The van der Waals surface area contributed by atoms with Gasteiger partial charge in [0.15, 0.2) is 0 Å². The zero-order valence-corrected chi connectivity index (χ0v) is 11.7. The molecule has 0 aliphatic carbocycles. The molecule has 1 atom stereocenters. The Hall–Kier alpha value is -0.620. The molecule has 0 aromatic heterocycles. The van der Waals surface area contributed by atoms with Gasteiger partial charge in [0.25, 0.3) is 0 Å². The number of hydrogen-bond acceptors (Lipinski definition) is 2. The number of amides is 1. The molecular weight excluding hydrogens is 315 g/mol. The van der Waals surface area contributed by atoms with Crippen LogP contribution in [-0.4, -0.2) is 19.0 Å². The first-order chi connectivity index (χ1) is 7.63. The van der Waals surface area contributed by atoms with E-state index < -0.39 is 0 Å². The third kappa shape index (κ3) is 4.49. The van der Waals surface area contributed by atoms with E-state index in [0.29, 0.717) is 6.54 Å². The van der Waals surface area contributed by atoms with Gasteiger partial charge in [0.05, 0.1) is 0 Å². The second kappa shape index (κ2) is 6.85. The number of carbonyl (C=O) groups excluding carboxylic acids is 1. The van der Waals surface area contributed by atoms with E-state index in [1.54, 1.807) is 0 Å². The fourth-order valence-electron chi connectivity index (χ4n) is 1.25. The molecule has 1 unspecified atom stereocenters. The van der Waals surface area contributed by atoms with Crippen LogP contribution in [0.3, 0.4) is 0 Å². The molecule has 0 aliphatic heterocycles. The maximum Gasteiger partial charge on any atom is 0.228 e. The van der Waals surface area contributed by atoms with E-state index in [9.17, 15) is 4.79 Å². The molecule has 0 heterocycles. The van der Waals surface area contributed by atoms with Gasteiger partial charge >= 0.3 is 0 Å². The summed E-state index contributed by atoms with van der Waals surface area (Å²) >= 11 is 2.24. The standard InChI is InChI=1S/C12H17IN2O/c1-3-14-8-9(2)12(16)15-11-6-4-10(13)5-7-11/h4-7,9,14H,3,8H2,1-2H3,(H,15,16). The molecule has 2 N–H and O–H groups in total. The average molecular weight is 332 g/mol. The molecule has 0 bridgehead atoms. The summed E-state index contributed by atoms with van der Waals surface area (Å²) in [6.45, 7) is 5.56. The zero-order chi connectivity index (χ0) is 12.0. The predicted octanol–water partition coefficient (Wildman–Crippen LogP) is 2.48. The van der Waals surface area contributed by atoms with Gasteiger partial charge in [-0.2, -0.15) is 0 Å². The molecule has 0 radical (unpaired) electrons. The summed E-state index contributed by atoms with van der Waals surface area (Å²) in [5.41, 5.74) is 0.855. The fraction of sp³-hybridized carbons (Fsp3) is 0.417. The lowest BCUT2D eigenvalue weighted by atomic mass is 10.1. The highest BCUT2D eigenvalue weighted by molar-refractivity contribution is 14.1. The minimum Gasteiger partial charge on any atom is -0.326 e. The van der Waals surface area contributed by atoms with Crippen LogP contribution in [-0.2, 0) is 4.79 Å². The van der Waals surface area contributed by atoms with Crippen LogP contribution in [0.2, 0.25) is 0 Å². The maximum atomic E-state index is 11.8. The van der Waals surface area contributed by atoms with Gasteiger partial charge < -0.3 is 10.6 Å². The van der Waals surface area contributed by atoms with Crippen molar-refractivity contribution >= 4 is 34.2 Å². The molecule has 0 spiro atoms. The number of benzene rings is 1. The van der Waals surface area contributed by atoms with E-state index >= 15 is 0 Å². The third-order valence-corrected chi connectivity index (χ3v) is 2.98. The quantitative estimate of drug-likeness (QED) is 0.814. The molecule has 0 fully saturated rings. The molecule has 1 aromatic rings. The highest BCUT2D eigenvalue weighted by Gasteiger charge is 2.11. The first-order valence-corrected chi connectivity index (χ1v) is 6.48. The summed E-state index contributed by atoms with van der Waals surface area (Å²) < 4.78 is 1.16. The number of hydrogen-bond donors (Lipinski definition) is 2. The van der Waals surface area contributed by atoms with Crippen molar-refractivity contribution in [2.24, 2.45) is 5.92 Å². The van der Waals surface area contributed by atoms with Gasteiger partial charge in [-0.05, 0) is 53.4 Å². The molecule has 1 rings (SSSR count). The summed E-state index contributed by atoms with van der Waals surface area (Å²) in [6, 6.07) is 7.79. The van der Waals surface area contributed by atoms with Crippen molar-refractivity contribution in [2.45, 2.75) is 13.8 Å². The summed E-state index contributed by atoms with van der Waals surface area (Å²) in [4.78, 5) is 11.8. The molecule has 88 valence electrons. The van der Waals surface area contributed by atoms with Crippen LogP contribution in [0.25, 0.3) is 0 Å². The molecule has 0 aliphatic rings. The van der Waals surface area contributed by atoms with Gasteiger partial charge in [0.2, 0.25) is 5.91 Å². The summed E-state index contributed by atoms with van der Waals surface area (Å²) in [6.07, 6.45) is 0. The van der Waals surface area contributed by atoms with Crippen molar-refractivity contribution < 1.29 is 4.79 Å². The van der Waals surface area contributed by atoms with Crippen molar-refractivity contribution in [3.05, 3.63) is 27.8 Å². The fourth-order valence-corrected chi connectivity index (χ4v) is 1.61. The molecule has 1 aromatic carbocycles. The van der Waals surface area contributed by atoms with Crippen LogP contribution >= 0.6 is 22.6 Å².